The van der Waals surface area contributed by atoms with Gasteiger partial charge in [-0.1, -0.05) is 6.07 Å². The first-order valence-electron chi connectivity index (χ1n) is 10.7. The summed E-state index contributed by atoms with van der Waals surface area (Å²) >= 11 is 0. The largest absolute Gasteiger partial charge is 0.416 e. The number of hydrogen-bond acceptors (Lipinski definition) is 5. The summed E-state index contributed by atoms with van der Waals surface area (Å²) in [4.78, 5) is 16.0. The Labute approximate surface area is 199 Å². The Bertz CT molecular complexity index is 1320. The van der Waals surface area contributed by atoms with Crippen molar-refractivity contribution in [1.82, 2.24) is 19.7 Å². The van der Waals surface area contributed by atoms with Crippen molar-refractivity contribution in [3.05, 3.63) is 71.7 Å². The minimum atomic E-state index is -4.60. The van der Waals surface area contributed by atoms with Crippen LogP contribution in [-0.4, -0.2) is 50.0 Å². The molecule has 11 heteroatoms. The number of nitrogens with zero attached hydrogens (tertiary/aromatic N) is 6. The van der Waals surface area contributed by atoms with Gasteiger partial charge in [-0.15, -0.1) is 10.2 Å². The van der Waals surface area contributed by atoms with E-state index >= 15 is 0 Å². The quantitative estimate of drug-likeness (QED) is 0.583. The van der Waals surface area contributed by atoms with Crippen molar-refractivity contribution in [1.29, 1.82) is 5.26 Å². The predicted octanol–water partition coefficient (Wildman–Crippen LogP) is 4.35. The third kappa shape index (κ3) is 4.48. The third-order valence-electron chi connectivity index (χ3n) is 5.68. The van der Waals surface area contributed by atoms with Crippen molar-refractivity contribution in [2.45, 2.75) is 26.1 Å². The van der Waals surface area contributed by atoms with Gasteiger partial charge in [0.05, 0.1) is 47.4 Å². The van der Waals surface area contributed by atoms with E-state index in [2.05, 4.69) is 10.2 Å². The Kier molecular flexibility index (Phi) is 6.32. The Morgan fingerprint density at radius 1 is 1.17 bits per heavy atom. The highest BCUT2D eigenvalue weighted by Gasteiger charge is 2.37. The molecule has 35 heavy (non-hydrogen) atoms. The van der Waals surface area contributed by atoms with Gasteiger partial charge in [0.25, 0.3) is 0 Å². The molecule has 0 spiro atoms. The number of carbonyl (C=O) groups excluding carboxylic acids is 1. The molecule has 2 amide bonds. The van der Waals surface area contributed by atoms with E-state index in [0.29, 0.717) is 22.6 Å². The second-order valence-corrected chi connectivity index (χ2v) is 8.15. The highest BCUT2D eigenvalue weighted by molar-refractivity contribution is 6.00. The standard InChI is InChI=1S/C24H21F3N6O2/c1-15(2)31-12-20(32-14-29-30-22(32)17-8-6-16(11-28)7-9-17)21(13-34)33(23(31)35)19-5-3-4-18(10-19)24(25,26)27/h3-10,14-15,34H,12-13H2,1-2H3. The molecule has 0 radical (unpaired) electrons. The maximum Gasteiger partial charge on any atom is 0.416 e. The Morgan fingerprint density at radius 2 is 1.89 bits per heavy atom. The van der Waals surface area contributed by atoms with E-state index in [4.69, 9.17) is 5.26 Å². The molecular formula is C24H21F3N6O2. The number of urea groups is 1. The van der Waals surface area contributed by atoms with Crippen molar-refractivity contribution in [3.8, 4) is 17.5 Å². The predicted molar refractivity (Wildman–Crippen MR) is 122 cm³/mol. The Hall–Kier alpha value is -4.17. The van der Waals surface area contributed by atoms with Crippen LogP contribution in [0.2, 0.25) is 0 Å². The van der Waals surface area contributed by atoms with Crippen molar-refractivity contribution >= 4 is 17.4 Å². The first-order chi connectivity index (χ1) is 16.7. The second kappa shape index (κ2) is 9.23. The minimum absolute atomic E-state index is 0.0234. The van der Waals surface area contributed by atoms with Crippen LogP contribution in [0.1, 0.15) is 25.0 Å². The Morgan fingerprint density at radius 3 is 2.49 bits per heavy atom. The molecule has 180 valence electrons. The van der Waals surface area contributed by atoms with E-state index < -0.39 is 24.4 Å². The fourth-order valence-corrected chi connectivity index (χ4v) is 3.88. The van der Waals surface area contributed by atoms with Crippen LogP contribution >= 0.6 is 0 Å². The molecule has 0 atom stereocenters. The van der Waals surface area contributed by atoms with Crippen LogP contribution in [-0.2, 0) is 6.18 Å². The van der Waals surface area contributed by atoms with E-state index in [1.807, 2.05) is 6.07 Å². The van der Waals surface area contributed by atoms with Gasteiger partial charge < -0.3 is 10.0 Å². The summed E-state index contributed by atoms with van der Waals surface area (Å²) in [5.74, 6) is 0.387. The van der Waals surface area contributed by atoms with Crippen molar-refractivity contribution < 1.29 is 23.1 Å². The number of rotatable bonds is 5. The molecule has 1 aliphatic rings. The summed E-state index contributed by atoms with van der Waals surface area (Å²) in [6, 6.07) is 12.2. The number of amides is 2. The lowest BCUT2D eigenvalue weighted by Crippen LogP contribution is -2.52. The number of hydrogen-bond donors (Lipinski definition) is 1. The lowest BCUT2D eigenvalue weighted by atomic mass is 10.1. The van der Waals surface area contributed by atoms with E-state index in [1.54, 1.807) is 42.7 Å². The lowest BCUT2D eigenvalue weighted by molar-refractivity contribution is -0.137. The van der Waals surface area contributed by atoms with Crippen LogP contribution in [0.15, 0.2) is 60.6 Å². The van der Waals surface area contributed by atoms with E-state index in [0.717, 1.165) is 17.0 Å². The second-order valence-electron chi connectivity index (χ2n) is 8.15. The maximum absolute atomic E-state index is 13.4. The number of anilines is 1. The zero-order chi connectivity index (χ0) is 25.3. The first kappa shape index (κ1) is 24.0. The molecule has 3 aromatic rings. The van der Waals surface area contributed by atoms with Gasteiger partial charge in [-0.2, -0.15) is 18.4 Å². The van der Waals surface area contributed by atoms with Crippen molar-refractivity contribution in [2.24, 2.45) is 0 Å². The van der Waals surface area contributed by atoms with E-state index in [1.165, 1.54) is 23.4 Å². The minimum Gasteiger partial charge on any atom is -0.390 e. The summed E-state index contributed by atoms with van der Waals surface area (Å²) in [5, 5.41) is 27.5. The average molecular weight is 482 g/mol. The summed E-state index contributed by atoms with van der Waals surface area (Å²) in [7, 11) is 0. The summed E-state index contributed by atoms with van der Waals surface area (Å²) in [5.41, 5.74) is 0.698. The van der Waals surface area contributed by atoms with Crippen LogP contribution in [0.3, 0.4) is 0 Å². The van der Waals surface area contributed by atoms with Gasteiger partial charge in [0.2, 0.25) is 0 Å². The van der Waals surface area contributed by atoms with Gasteiger partial charge in [-0.25, -0.2) is 4.79 Å². The van der Waals surface area contributed by atoms with Crippen LogP contribution in [0.4, 0.5) is 23.7 Å². The van der Waals surface area contributed by atoms with Crippen LogP contribution in [0.25, 0.3) is 17.1 Å². The van der Waals surface area contributed by atoms with Crippen LogP contribution in [0, 0.1) is 11.3 Å². The smallest absolute Gasteiger partial charge is 0.390 e. The monoisotopic (exact) mass is 482 g/mol. The average Bonchev–Trinajstić information content (AvgIpc) is 3.32. The van der Waals surface area contributed by atoms with E-state index in [9.17, 15) is 23.1 Å². The molecule has 8 nitrogen and oxygen atoms in total. The molecule has 1 N–H and O–H groups in total. The number of nitriles is 1. The molecule has 1 aliphatic heterocycles. The molecule has 4 rings (SSSR count). The number of halogens is 3. The molecule has 2 heterocycles. The van der Waals surface area contributed by atoms with Crippen molar-refractivity contribution in [3.63, 3.8) is 0 Å². The third-order valence-corrected chi connectivity index (χ3v) is 5.68. The number of aliphatic hydroxyl groups excluding tert-OH is 1. The van der Waals surface area contributed by atoms with Gasteiger partial charge in [0.15, 0.2) is 5.82 Å². The molecule has 0 unspecified atom stereocenters. The molecule has 2 aromatic carbocycles. The summed E-state index contributed by atoms with van der Waals surface area (Å²) in [6.45, 7) is 3.03. The highest BCUT2D eigenvalue weighted by Crippen LogP contribution is 2.36. The summed E-state index contributed by atoms with van der Waals surface area (Å²) < 4.78 is 41.8. The molecule has 0 saturated carbocycles. The molecule has 0 bridgehead atoms. The number of benzene rings is 2. The normalized spacial score (nSPS) is 14.6. The maximum atomic E-state index is 13.4. The molecule has 0 aliphatic carbocycles. The van der Waals surface area contributed by atoms with Crippen LogP contribution < -0.4 is 4.90 Å². The summed E-state index contributed by atoms with van der Waals surface area (Å²) in [6.07, 6.45) is -3.19. The highest BCUT2D eigenvalue weighted by atomic mass is 19.4. The SMILES string of the molecule is CC(C)N1CC(n2cnnc2-c2ccc(C#N)cc2)=C(CO)N(c2cccc(C(F)(F)F)c2)C1=O. The Balaban J connectivity index is 1.90. The number of aromatic nitrogens is 3. The zero-order valence-electron chi connectivity index (χ0n) is 18.9. The fraction of sp³-hybridized carbons (Fsp3) is 0.250. The van der Waals surface area contributed by atoms with Crippen LogP contribution in [0.5, 0.6) is 0 Å². The fourth-order valence-electron chi connectivity index (χ4n) is 3.88. The van der Waals surface area contributed by atoms with Gasteiger partial charge >= 0.3 is 12.2 Å². The lowest BCUT2D eigenvalue weighted by Gasteiger charge is -2.40. The van der Waals surface area contributed by atoms with Crippen molar-refractivity contribution in [2.75, 3.05) is 18.1 Å². The number of carbonyl (C=O) groups is 1. The van der Waals surface area contributed by atoms with Gasteiger partial charge in [-0.05, 0) is 56.3 Å². The van der Waals surface area contributed by atoms with Gasteiger partial charge in [0.1, 0.15) is 6.33 Å². The molecular weight excluding hydrogens is 461 g/mol. The molecule has 0 saturated heterocycles. The topological polar surface area (TPSA) is 98.3 Å². The number of alkyl halides is 3. The molecule has 1 aromatic heterocycles. The van der Waals surface area contributed by atoms with E-state index in [-0.39, 0.29) is 24.0 Å². The van der Waals surface area contributed by atoms with Gasteiger partial charge in [0, 0.05) is 11.6 Å². The molecule has 0 fully saturated rings. The zero-order valence-corrected chi connectivity index (χ0v) is 18.9. The van der Waals surface area contributed by atoms with Gasteiger partial charge in [-0.3, -0.25) is 9.47 Å². The number of aliphatic hydroxyl groups is 1. The first-order valence-corrected chi connectivity index (χ1v) is 10.7.